The van der Waals surface area contributed by atoms with E-state index in [-0.39, 0.29) is 5.69 Å². The molecule has 188 valence electrons. The Bertz CT molecular complexity index is 1600. The lowest BCUT2D eigenvalue weighted by atomic mass is 10.1. The van der Waals surface area contributed by atoms with E-state index in [1.807, 2.05) is 42.5 Å². The maximum atomic E-state index is 12.5. The molecule has 0 fully saturated rings. The van der Waals surface area contributed by atoms with Crippen molar-refractivity contribution >= 4 is 28.9 Å². The van der Waals surface area contributed by atoms with E-state index >= 15 is 0 Å². The summed E-state index contributed by atoms with van der Waals surface area (Å²) < 4.78 is 10.7. The van der Waals surface area contributed by atoms with E-state index in [0.717, 1.165) is 16.9 Å². The minimum atomic E-state index is -0.429. The summed E-state index contributed by atoms with van der Waals surface area (Å²) in [6.45, 7) is 0.462. The van der Waals surface area contributed by atoms with Crippen molar-refractivity contribution in [3.05, 3.63) is 119 Å². The Morgan fingerprint density at radius 3 is 2.50 bits per heavy atom. The zero-order valence-electron chi connectivity index (χ0n) is 20.5. The fourth-order valence-electron chi connectivity index (χ4n) is 3.94. The standard InChI is InChI=1S/C30H24N4O4/c1-37-30(36)23-11-9-20(10-12-23)18-31-34-29(35)28-17-27(32-33-28)22-13-15-25(16-14-22)38-19-24-7-4-6-21-5-2-3-8-26(21)24/h2-18H,19H2,1H3,(H,32,33)(H,34,35). The van der Waals surface area contributed by atoms with Crippen LogP contribution in [0.3, 0.4) is 0 Å². The number of H-pyrrole nitrogens is 1. The lowest BCUT2D eigenvalue weighted by Gasteiger charge is -2.09. The van der Waals surface area contributed by atoms with Gasteiger partial charge in [0.25, 0.3) is 5.91 Å². The summed E-state index contributed by atoms with van der Waals surface area (Å²) in [5, 5.41) is 13.3. The number of aromatic nitrogens is 2. The monoisotopic (exact) mass is 504 g/mol. The van der Waals surface area contributed by atoms with Crippen molar-refractivity contribution in [2.45, 2.75) is 6.61 Å². The van der Waals surface area contributed by atoms with Crippen LogP contribution in [-0.4, -0.2) is 35.4 Å². The summed E-state index contributed by atoms with van der Waals surface area (Å²) >= 11 is 0. The molecule has 1 heterocycles. The molecule has 0 atom stereocenters. The molecule has 0 saturated carbocycles. The highest BCUT2D eigenvalue weighted by molar-refractivity contribution is 5.94. The molecule has 0 radical (unpaired) electrons. The predicted molar refractivity (Wildman–Crippen MR) is 145 cm³/mol. The van der Waals surface area contributed by atoms with Gasteiger partial charge >= 0.3 is 5.97 Å². The van der Waals surface area contributed by atoms with E-state index in [1.54, 1.807) is 30.3 Å². The first-order chi connectivity index (χ1) is 18.6. The van der Waals surface area contributed by atoms with Crippen molar-refractivity contribution in [1.29, 1.82) is 0 Å². The number of hydrogen-bond acceptors (Lipinski definition) is 6. The van der Waals surface area contributed by atoms with Gasteiger partial charge in [0.05, 0.1) is 24.6 Å². The van der Waals surface area contributed by atoms with Crippen molar-refractivity contribution < 1.29 is 19.1 Å². The van der Waals surface area contributed by atoms with Crippen LogP contribution in [0.1, 0.15) is 32.0 Å². The number of hydrogen-bond donors (Lipinski definition) is 2. The molecule has 0 aliphatic rings. The number of carbonyl (C=O) groups is 2. The molecule has 1 amide bonds. The Morgan fingerprint density at radius 1 is 0.947 bits per heavy atom. The molecular weight excluding hydrogens is 480 g/mol. The number of carbonyl (C=O) groups excluding carboxylic acids is 2. The lowest BCUT2D eigenvalue weighted by molar-refractivity contribution is 0.0600. The van der Waals surface area contributed by atoms with E-state index < -0.39 is 11.9 Å². The molecule has 0 aliphatic carbocycles. The Balaban J connectivity index is 1.17. The van der Waals surface area contributed by atoms with Crippen LogP contribution < -0.4 is 10.2 Å². The van der Waals surface area contributed by atoms with Crippen molar-refractivity contribution in [2.24, 2.45) is 5.10 Å². The van der Waals surface area contributed by atoms with Gasteiger partial charge in [-0.2, -0.15) is 10.2 Å². The molecule has 1 aromatic heterocycles. The second-order valence-corrected chi connectivity index (χ2v) is 8.43. The molecule has 8 heteroatoms. The molecular formula is C30H24N4O4. The molecule has 8 nitrogen and oxygen atoms in total. The summed E-state index contributed by atoms with van der Waals surface area (Å²) in [5.74, 6) is -0.106. The van der Waals surface area contributed by atoms with Crippen LogP contribution in [0.15, 0.2) is 102 Å². The molecule has 4 aromatic carbocycles. The van der Waals surface area contributed by atoms with Gasteiger partial charge in [-0.1, -0.05) is 54.6 Å². The van der Waals surface area contributed by atoms with Gasteiger partial charge in [-0.3, -0.25) is 9.89 Å². The van der Waals surface area contributed by atoms with Gasteiger partial charge < -0.3 is 9.47 Å². The highest BCUT2D eigenvalue weighted by Crippen LogP contribution is 2.24. The summed E-state index contributed by atoms with van der Waals surface area (Å²) in [6, 6.07) is 30.3. The highest BCUT2D eigenvalue weighted by atomic mass is 16.5. The van der Waals surface area contributed by atoms with Crippen LogP contribution in [0.5, 0.6) is 5.75 Å². The Kier molecular flexibility index (Phi) is 7.22. The number of nitrogens with one attached hydrogen (secondary N) is 2. The molecule has 38 heavy (non-hydrogen) atoms. The SMILES string of the molecule is COC(=O)c1ccc(C=NNC(=O)c2cc(-c3ccc(OCc4cccc5ccccc45)cc3)n[nH]2)cc1. The molecule has 0 saturated heterocycles. The van der Waals surface area contributed by atoms with E-state index in [0.29, 0.717) is 23.4 Å². The molecule has 0 bridgehead atoms. The summed E-state index contributed by atoms with van der Waals surface area (Å²) in [5.41, 5.74) is 6.47. The van der Waals surface area contributed by atoms with Crippen LogP contribution in [0, 0.1) is 0 Å². The molecule has 5 rings (SSSR count). The van der Waals surface area contributed by atoms with E-state index in [2.05, 4.69) is 49.7 Å². The topological polar surface area (TPSA) is 106 Å². The van der Waals surface area contributed by atoms with Gasteiger partial charge in [0.2, 0.25) is 0 Å². The predicted octanol–water partition coefficient (Wildman–Crippen LogP) is 5.36. The summed E-state index contributed by atoms with van der Waals surface area (Å²) in [6.07, 6.45) is 1.48. The first-order valence-electron chi connectivity index (χ1n) is 11.9. The third kappa shape index (κ3) is 5.60. The molecule has 5 aromatic rings. The number of esters is 1. The van der Waals surface area contributed by atoms with Crippen molar-refractivity contribution in [1.82, 2.24) is 15.6 Å². The number of amides is 1. The number of hydrazone groups is 1. The van der Waals surface area contributed by atoms with E-state index in [1.165, 1.54) is 24.1 Å². The summed E-state index contributed by atoms with van der Waals surface area (Å²) in [7, 11) is 1.33. The largest absolute Gasteiger partial charge is 0.489 e. The Labute approximate surface area is 218 Å². The average Bonchev–Trinajstić information content (AvgIpc) is 3.47. The van der Waals surface area contributed by atoms with Crippen LogP contribution in [0.4, 0.5) is 0 Å². The minimum Gasteiger partial charge on any atom is -0.489 e. The van der Waals surface area contributed by atoms with Crippen molar-refractivity contribution in [3.63, 3.8) is 0 Å². The number of rotatable bonds is 8. The number of fused-ring (bicyclic) bond motifs is 1. The quantitative estimate of drug-likeness (QED) is 0.168. The number of benzene rings is 4. The minimum absolute atomic E-state index is 0.273. The van der Waals surface area contributed by atoms with Crippen LogP contribution in [0.25, 0.3) is 22.0 Å². The maximum absolute atomic E-state index is 12.5. The first-order valence-corrected chi connectivity index (χ1v) is 11.9. The molecule has 0 aliphatic heterocycles. The normalized spacial score (nSPS) is 11.0. The number of aromatic amines is 1. The molecule has 0 unspecified atom stereocenters. The second-order valence-electron chi connectivity index (χ2n) is 8.43. The summed E-state index contributed by atoms with van der Waals surface area (Å²) in [4.78, 5) is 24.0. The molecule has 0 spiro atoms. The maximum Gasteiger partial charge on any atom is 0.337 e. The third-order valence-electron chi connectivity index (χ3n) is 5.96. The fraction of sp³-hybridized carbons (Fsp3) is 0.0667. The Hall–Kier alpha value is -5.24. The van der Waals surface area contributed by atoms with Gasteiger partial charge in [-0.25, -0.2) is 10.2 Å². The van der Waals surface area contributed by atoms with Crippen molar-refractivity contribution in [2.75, 3.05) is 7.11 Å². The van der Waals surface area contributed by atoms with Crippen LogP contribution in [-0.2, 0) is 11.3 Å². The van der Waals surface area contributed by atoms with Crippen molar-refractivity contribution in [3.8, 4) is 17.0 Å². The number of ether oxygens (including phenoxy) is 2. The van der Waals surface area contributed by atoms with Gasteiger partial charge in [0, 0.05) is 5.56 Å². The van der Waals surface area contributed by atoms with Gasteiger partial charge in [-0.15, -0.1) is 0 Å². The highest BCUT2D eigenvalue weighted by Gasteiger charge is 2.11. The zero-order valence-corrected chi connectivity index (χ0v) is 20.5. The van der Waals surface area contributed by atoms with Gasteiger partial charge in [0.15, 0.2) is 0 Å². The smallest absolute Gasteiger partial charge is 0.337 e. The van der Waals surface area contributed by atoms with Crippen LogP contribution in [0.2, 0.25) is 0 Å². The Morgan fingerprint density at radius 2 is 1.71 bits per heavy atom. The van der Waals surface area contributed by atoms with Gasteiger partial charge in [-0.05, 0) is 64.4 Å². The fourth-order valence-corrected chi connectivity index (χ4v) is 3.94. The van der Waals surface area contributed by atoms with Gasteiger partial charge in [0.1, 0.15) is 18.1 Å². The van der Waals surface area contributed by atoms with Crippen LogP contribution >= 0.6 is 0 Å². The molecule has 2 N–H and O–H groups in total. The number of methoxy groups -OCH3 is 1. The van der Waals surface area contributed by atoms with E-state index in [4.69, 9.17) is 4.74 Å². The number of nitrogens with zero attached hydrogens (tertiary/aromatic N) is 2. The lowest BCUT2D eigenvalue weighted by Crippen LogP contribution is -2.18. The average molecular weight is 505 g/mol. The first kappa shape index (κ1) is 24.5. The zero-order chi connectivity index (χ0) is 26.3. The third-order valence-corrected chi connectivity index (χ3v) is 5.96. The van der Waals surface area contributed by atoms with E-state index in [9.17, 15) is 9.59 Å². The second kappa shape index (κ2) is 11.2.